The van der Waals surface area contributed by atoms with Gasteiger partial charge in [-0.3, -0.25) is 4.79 Å². The number of aliphatic hydroxyl groups is 2. The highest BCUT2D eigenvalue weighted by molar-refractivity contribution is 6.03. The van der Waals surface area contributed by atoms with E-state index in [1.165, 1.54) is 6.07 Å². The standard InChI is InChI=1S/C51H61FN2O10/c1-2-24-62-51-46(54(50(57)34-17-18-34)30-33-16-20-44-45(26-33)61-32-60-44)29-42(53-64-47-15-7-10-25-58-47)39-27-35(11-5-8-22-55)38(13-6-9-23-56)48(49(39)51)40-28-37(19-21-43(40)63-51)59-31-36-12-3-4-14-41(36)52/h2-4,12,14,16,19-21,26-28,34-35,38,46-49,55-56H,1,5-11,13,15,17-18,22-25,29-32H2/t35-,38+,46-,47?,48+,49+,51+/m0/s1. The lowest BCUT2D eigenvalue weighted by molar-refractivity contribution is -0.258. The van der Waals surface area contributed by atoms with Crippen molar-refractivity contribution in [3.63, 3.8) is 0 Å². The van der Waals surface area contributed by atoms with Crippen LogP contribution < -0.4 is 18.9 Å². The van der Waals surface area contributed by atoms with Gasteiger partial charge in [0.1, 0.15) is 30.0 Å². The highest BCUT2D eigenvalue weighted by atomic mass is 19.1. The molecule has 3 aromatic rings. The van der Waals surface area contributed by atoms with Gasteiger partial charge in [0.25, 0.3) is 0 Å². The Morgan fingerprint density at radius 2 is 1.77 bits per heavy atom. The lowest BCUT2D eigenvalue weighted by atomic mass is 9.55. The molecule has 13 heteroatoms. The number of rotatable bonds is 20. The summed E-state index contributed by atoms with van der Waals surface area (Å²) in [5, 5.41) is 25.0. The molecule has 1 unspecified atom stereocenters. The smallest absolute Gasteiger partial charge is 0.239 e. The van der Waals surface area contributed by atoms with E-state index in [0.29, 0.717) is 53.7 Å². The Balaban J connectivity index is 1.22. The molecule has 6 aliphatic rings. The number of hydrogen-bond donors (Lipinski definition) is 2. The summed E-state index contributed by atoms with van der Waals surface area (Å²) < 4.78 is 53.3. The minimum absolute atomic E-state index is 0.0209. The average Bonchev–Trinajstić information content (AvgIpc) is 4.07. The van der Waals surface area contributed by atoms with Gasteiger partial charge in [0.15, 0.2) is 11.5 Å². The normalized spacial score (nSPS) is 27.2. The third kappa shape index (κ3) is 9.27. The minimum atomic E-state index is -1.42. The van der Waals surface area contributed by atoms with Crippen LogP contribution in [0.5, 0.6) is 23.0 Å². The molecular formula is C51H61FN2O10. The van der Waals surface area contributed by atoms with E-state index in [-0.39, 0.29) is 81.6 Å². The van der Waals surface area contributed by atoms with E-state index in [1.807, 2.05) is 41.3 Å². The Morgan fingerprint density at radius 3 is 2.55 bits per heavy atom. The van der Waals surface area contributed by atoms with Gasteiger partial charge < -0.3 is 48.4 Å². The van der Waals surface area contributed by atoms with Crippen molar-refractivity contribution < 1.29 is 52.7 Å². The van der Waals surface area contributed by atoms with E-state index in [2.05, 4.69) is 12.7 Å². The molecule has 1 saturated heterocycles. The number of carbonyl (C=O) groups excluding carboxylic acids is 1. The molecule has 0 aromatic heterocycles. The van der Waals surface area contributed by atoms with Gasteiger partial charge in [-0.15, -0.1) is 6.58 Å². The van der Waals surface area contributed by atoms with Gasteiger partial charge in [-0.05, 0) is 111 Å². The summed E-state index contributed by atoms with van der Waals surface area (Å²) in [6.45, 7) is 5.43. The van der Waals surface area contributed by atoms with Crippen LogP contribution >= 0.6 is 0 Å². The number of ether oxygens (including phenoxy) is 6. The van der Waals surface area contributed by atoms with Crippen molar-refractivity contribution in [2.75, 3.05) is 33.2 Å². The van der Waals surface area contributed by atoms with Gasteiger partial charge in [0.05, 0.1) is 24.8 Å². The van der Waals surface area contributed by atoms with E-state index < -0.39 is 24.0 Å². The molecule has 3 aliphatic carbocycles. The quantitative estimate of drug-likeness (QED) is 0.0644. The maximum atomic E-state index is 15.0. The molecule has 12 nitrogen and oxygen atoms in total. The second kappa shape index (κ2) is 20.1. The highest BCUT2D eigenvalue weighted by Crippen LogP contribution is 2.62. The molecule has 3 fully saturated rings. The molecular weight excluding hydrogens is 820 g/mol. The van der Waals surface area contributed by atoms with Crippen LogP contribution in [-0.4, -0.2) is 78.1 Å². The first kappa shape index (κ1) is 44.3. The number of oxime groups is 1. The number of nitrogens with zero attached hydrogens (tertiary/aromatic N) is 2. The number of halogens is 1. The first-order chi connectivity index (χ1) is 31.4. The topological polar surface area (TPSA) is 138 Å². The summed E-state index contributed by atoms with van der Waals surface area (Å²) >= 11 is 0. The summed E-state index contributed by atoms with van der Waals surface area (Å²) in [6.07, 6.45) is 12.6. The third-order valence-corrected chi connectivity index (χ3v) is 13.8. The number of benzene rings is 3. The van der Waals surface area contributed by atoms with Crippen molar-refractivity contribution in [1.29, 1.82) is 0 Å². The van der Waals surface area contributed by atoms with E-state index in [9.17, 15) is 19.4 Å². The predicted octanol–water partition coefficient (Wildman–Crippen LogP) is 8.73. The van der Waals surface area contributed by atoms with E-state index >= 15 is 0 Å². The second-order valence-electron chi connectivity index (χ2n) is 18.0. The van der Waals surface area contributed by atoms with Crippen LogP contribution in [-0.2, 0) is 32.3 Å². The Labute approximate surface area is 374 Å². The molecule has 3 aromatic carbocycles. The molecule has 0 spiro atoms. The van der Waals surface area contributed by atoms with Crippen LogP contribution in [0.15, 0.2) is 90.1 Å². The van der Waals surface area contributed by atoms with Crippen LogP contribution in [0.3, 0.4) is 0 Å². The molecule has 2 saturated carbocycles. The van der Waals surface area contributed by atoms with Crippen molar-refractivity contribution in [2.45, 2.75) is 114 Å². The number of unbranched alkanes of at least 4 members (excludes halogenated alkanes) is 2. The van der Waals surface area contributed by atoms with Crippen molar-refractivity contribution >= 4 is 11.6 Å². The summed E-state index contributed by atoms with van der Waals surface area (Å²) in [6, 6.07) is 17.5. The van der Waals surface area contributed by atoms with Crippen LogP contribution in [0.1, 0.15) is 99.7 Å². The van der Waals surface area contributed by atoms with Crippen molar-refractivity contribution in [3.05, 3.63) is 107 Å². The number of aliphatic hydroxyl groups excluding tert-OH is 2. The minimum Gasteiger partial charge on any atom is -0.489 e. The van der Waals surface area contributed by atoms with Gasteiger partial charge in [-0.1, -0.05) is 54.4 Å². The van der Waals surface area contributed by atoms with Gasteiger partial charge in [-0.25, -0.2) is 4.39 Å². The monoisotopic (exact) mass is 880 g/mol. The molecule has 64 heavy (non-hydrogen) atoms. The zero-order valence-corrected chi connectivity index (χ0v) is 36.5. The fourth-order valence-electron chi connectivity index (χ4n) is 10.6. The fraction of sp³-hybridized carbons (Fsp3) is 0.529. The maximum Gasteiger partial charge on any atom is 0.239 e. The maximum absolute atomic E-state index is 15.0. The molecule has 7 atom stereocenters. The molecule has 2 N–H and O–H groups in total. The van der Waals surface area contributed by atoms with Gasteiger partial charge in [0, 0.05) is 55.6 Å². The van der Waals surface area contributed by atoms with E-state index in [0.717, 1.165) is 74.5 Å². The molecule has 1 amide bonds. The Kier molecular flexibility index (Phi) is 13.9. The van der Waals surface area contributed by atoms with E-state index in [4.69, 9.17) is 38.4 Å². The number of hydrogen-bond acceptors (Lipinski definition) is 11. The summed E-state index contributed by atoms with van der Waals surface area (Å²) in [5.41, 5.74) is 3.91. The summed E-state index contributed by atoms with van der Waals surface area (Å²) in [4.78, 5) is 23.2. The highest BCUT2D eigenvalue weighted by Gasteiger charge is 2.66. The van der Waals surface area contributed by atoms with E-state index in [1.54, 1.807) is 24.3 Å². The Morgan fingerprint density at radius 1 is 0.953 bits per heavy atom. The first-order valence-corrected chi connectivity index (χ1v) is 23.3. The lowest BCUT2D eigenvalue weighted by Crippen LogP contribution is -2.70. The first-order valence-electron chi connectivity index (χ1n) is 23.3. The average molecular weight is 881 g/mol. The Hall–Kier alpha value is -4.95. The number of amides is 1. The molecule has 3 heterocycles. The lowest BCUT2D eigenvalue weighted by Gasteiger charge is -2.60. The van der Waals surface area contributed by atoms with Crippen LogP contribution in [0.4, 0.5) is 4.39 Å². The SMILES string of the molecule is C=CCO[C@@]12Oc3ccc(OCc4ccccc4F)cc3[C@H]3[C@H](CCCCO)[C@@H](CCCCO)C=C(C(=NOC4CCCCO4)C[C@@H]1N(Cc1ccc4c(c1)OCO4)C(=O)C1CC1)[C@H]32. The van der Waals surface area contributed by atoms with Gasteiger partial charge in [-0.2, -0.15) is 0 Å². The molecule has 0 bridgehead atoms. The largest absolute Gasteiger partial charge is 0.489 e. The molecule has 9 rings (SSSR count). The second-order valence-corrected chi connectivity index (χ2v) is 18.0. The van der Waals surface area contributed by atoms with Crippen LogP contribution in [0.25, 0.3) is 0 Å². The molecule has 342 valence electrons. The van der Waals surface area contributed by atoms with Crippen molar-refractivity contribution in [3.8, 4) is 23.0 Å². The number of carbonyl (C=O) groups is 1. The van der Waals surface area contributed by atoms with Crippen molar-refractivity contribution in [1.82, 2.24) is 4.90 Å². The number of fused-ring (bicyclic) bond motifs is 3. The van der Waals surface area contributed by atoms with Crippen LogP contribution in [0.2, 0.25) is 0 Å². The molecule has 0 radical (unpaired) electrons. The number of allylic oxidation sites excluding steroid dienone is 1. The fourth-order valence-corrected chi connectivity index (χ4v) is 10.6. The summed E-state index contributed by atoms with van der Waals surface area (Å²) in [5.74, 6) is -0.0451. The third-order valence-electron chi connectivity index (χ3n) is 13.8. The Bertz CT molecular complexity index is 2190. The van der Waals surface area contributed by atoms with Crippen LogP contribution in [0, 0.1) is 29.5 Å². The zero-order chi connectivity index (χ0) is 44.0. The molecule has 3 aliphatic heterocycles. The zero-order valence-electron chi connectivity index (χ0n) is 36.5. The predicted molar refractivity (Wildman–Crippen MR) is 236 cm³/mol. The van der Waals surface area contributed by atoms with Gasteiger partial charge >= 0.3 is 0 Å². The van der Waals surface area contributed by atoms with Gasteiger partial charge in [0.2, 0.25) is 24.8 Å². The van der Waals surface area contributed by atoms with Crippen molar-refractivity contribution in [2.24, 2.45) is 28.8 Å². The summed E-state index contributed by atoms with van der Waals surface area (Å²) in [7, 11) is 0.